The van der Waals surface area contributed by atoms with Gasteiger partial charge in [-0.25, -0.2) is 19.9 Å². The van der Waals surface area contributed by atoms with Crippen molar-refractivity contribution in [3.63, 3.8) is 0 Å². The van der Waals surface area contributed by atoms with Crippen molar-refractivity contribution in [2.75, 3.05) is 7.11 Å². The van der Waals surface area contributed by atoms with Crippen LogP contribution in [0.4, 0.5) is 0 Å². The highest BCUT2D eigenvalue weighted by molar-refractivity contribution is 5.79. The summed E-state index contributed by atoms with van der Waals surface area (Å²) in [5.41, 5.74) is 6.49. The molecule has 3 heterocycles. The minimum atomic E-state index is -0.753. The molecule has 226 valence electrons. The molecule has 1 fully saturated rings. The van der Waals surface area contributed by atoms with Gasteiger partial charge in [0, 0.05) is 41.9 Å². The summed E-state index contributed by atoms with van der Waals surface area (Å²) in [7, 11) is 1.54. The summed E-state index contributed by atoms with van der Waals surface area (Å²) in [4.78, 5) is 30.5. The number of nitrogens with zero attached hydrogens (tertiary/aromatic N) is 5. The predicted octanol–water partition coefficient (Wildman–Crippen LogP) is 7.04. The number of hydrogen-bond acceptors (Lipinski definition) is 7. The van der Waals surface area contributed by atoms with Gasteiger partial charge in [-0.05, 0) is 48.2 Å². The predicted molar refractivity (Wildman–Crippen MR) is 171 cm³/mol. The molecular formula is C36H33N5O4. The number of rotatable bonds is 9. The summed E-state index contributed by atoms with van der Waals surface area (Å²) < 4.78 is 13.4. The third-order valence-corrected chi connectivity index (χ3v) is 8.65. The lowest BCUT2D eigenvalue weighted by Gasteiger charge is -2.28. The van der Waals surface area contributed by atoms with Gasteiger partial charge in [0.05, 0.1) is 35.3 Å². The molecule has 3 aromatic carbocycles. The van der Waals surface area contributed by atoms with Crippen LogP contribution in [0.1, 0.15) is 48.7 Å². The van der Waals surface area contributed by atoms with Crippen molar-refractivity contribution in [3.05, 3.63) is 108 Å². The molecule has 45 heavy (non-hydrogen) atoms. The van der Waals surface area contributed by atoms with E-state index in [-0.39, 0.29) is 5.92 Å². The van der Waals surface area contributed by atoms with Crippen LogP contribution < -0.4 is 9.47 Å². The zero-order valence-electron chi connectivity index (χ0n) is 25.0. The monoisotopic (exact) mass is 599 g/mol. The van der Waals surface area contributed by atoms with Crippen molar-refractivity contribution in [2.24, 2.45) is 5.92 Å². The van der Waals surface area contributed by atoms with Crippen LogP contribution in [0.15, 0.2) is 91.3 Å². The van der Waals surface area contributed by atoms with Gasteiger partial charge in [-0.3, -0.25) is 4.79 Å². The fourth-order valence-electron chi connectivity index (χ4n) is 6.30. The normalized spacial score (nSPS) is 16.6. The quantitative estimate of drug-likeness (QED) is 0.188. The number of carboxylic acids is 1. The summed E-state index contributed by atoms with van der Waals surface area (Å²) in [5.74, 6) is 0.138. The van der Waals surface area contributed by atoms with Crippen LogP contribution in [-0.4, -0.2) is 42.7 Å². The Labute approximate surface area is 260 Å². The maximum absolute atomic E-state index is 12.3. The molecule has 1 aliphatic rings. The summed E-state index contributed by atoms with van der Waals surface area (Å²) in [6, 6.07) is 26.6. The SMILES string of the molecule is COc1ncc(-c2ccc(Cn3c(C4CCCCC4C(=O)O)nc4cc(OCc5ccc6ccccc6n5)ccc43)cc2)cn1. The molecule has 1 aliphatic carbocycles. The molecule has 1 saturated carbocycles. The number of methoxy groups -OCH3 is 1. The molecule has 0 aliphatic heterocycles. The average Bonchev–Trinajstić information content (AvgIpc) is 3.44. The lowest BCUT2D eigenvalue weighted by molar-refractivity contribution is -0.143. The third-order valence-electron chi connectivity index (χ3n) is 8.65. The Kier molecular flexibility index (Phi) is 7.82. The van der Waals surface area contributed by atoms with Crippen LogP contribution in [0.5, 0.6) is 11.8 Å². The maximum atomic E-state index is 12.3. The van der Waals surface area contributed by atoms with E-state index in [4.69, 9.17) is 19.4 Å². The smallest absolute Gasteiger partial charge is 0.316 e. The van der Waals surface area contributed by atoms with E-state index in [2.05, 4.69) is 32.7 Å². The van der Waals surface area contributed by atoms with Crippen LogP contribution in [0.3, 0.4) is 0 Å². The van der Waals surface area contributed by atoms with Crippen LogP contribution in [0.25, 0.3) is 33.1 Å². The topological polar surface area (TPSA) is 112 Å². The minimum absolute atomic E-state index is 0.162. The van der Waals surface area contributed by atoms with Gasteiger partial charge in [0.1, 0.15) is 18.2 Å². The highest BCUT2D eigenvalue weighted by Crippen LogP contribution is 2.39. The fraction of sp³-hybridized carbons (Fsp3) is 0.250. The molecular weight excluding hydrogens is 566 g/mol. The summed E-state index contributed by atoms with van der Waals surface area (Å²) in [6.07, 6.45) is 6.86. The Morgan fingerprint density at radius 3 is 2.49 bits per heavy atom. The first-order valence-electron chi connectivity index (χ1n) is 15.2. The molecule has 0 amide bonds. The molecule has 0 spiro atoms. The number of benzene rings is 3. The Bertz CT molecular complexity index is 1970. The van der Waals surface area contributed by atoms with Gasteiger partial charge in [0.25, 0.3) is 0 Å². The van der Waals surface area contributed by atoms with Crippen molar-refractivity contribution in [2.45, 2.75) is 44.8 Å². The standard InChI is InChI=1S/C36H33N5O4/c1-44-36-37-19-26(20-38-36)24-12-10-23(11-13-24)21-41-33-17-16-28(45-22-27-15-14-25-6-2-5-9-31(25)39-27)18-32(33)40-34(41)29-7-3-4-8-30(29)35(42)43/h2,5-6,9-20,29-30H,3-4,7-8,21-22H2,1H3,(H,42,43). The second-order valence-electron chi connectivity index (χ2n) is 11.5. The summed E-state index contributed by atoms with van der Waals surface area (Å²) in [6.45, 7) is 0.897. The van der Waals surface area contributed by atoms with Gasteiger partial charge in [-0.1, -0.05) is 61.4 Å². The zero-order chi connectivity index (χ0) is 30.8. The van der Waals surface area contributed by atoms with Gasteiger partial charge in [0.15, 0.2) is 0 Å². The lowest BCUT2D eigenvalue weighted by atomic mass is 9.78. The molecule has 0 radical (unpaired) electrons. The van der Waals surface area contributed by atoms with Crippen molar-refractivity contribution < 1.29 is 19.4 Å². The Balaban J connectivity index is 1.19. The molecule has 2 atom stereocenters. The number of aromatic nitrogens is 5. The van der Waals surface area contributed by atoms with Crippen LogP contribution in [0, 0.1) is 5.92 Å². The van der Waals surface area contributed by atoms with Gasteiger partial charge < -0.3 is 19.1 Å². The number of pyridine rings is 1. The van der Waals surface area contributed by atoms with Crippen LogP contribution in [0.2, 0.25) is 0 Å². The van der Waals surface area contributed by atoms with Crippen molar-refractivity contribution in [1.82, 2.24) is 24.5 Å². The minimum Gasteiger partial charge on any atom is -0.487 e. The number of imidazole rings is 1. The first kappa shape index (κ1) is 28.5. The van der Waals surface area contributed by atoms with E-state index in [1.165, 1.54) is 0 Å². The van der Waals surface area contributed by atoms with Gasteiger partial charge in [0.2, 0.25) is 0 Å². The van der Waals surface area contributed by atoms with Gasteiger partial charge >= 0.3 is 12.0 Å². The van der Waals surface area contributed by atoms with E-state index < -0.39 is 11.9 Å². The second-order valence-corrected chi connectivity index (χ2v) is 11.5. The Hall–Kier alpha value is -5.31. The third kappa shape index (κ3) is 5.93. The fourth-order valence-corrected chi connectivity index (χ4v) is 6.30. The second kappa shape index (κ2) is 12.4. The molecule has 9 heteroatoms. The van der Waals surface area contributed by atoms with Crippen molar-refractivity contribution in [1.29, 1.82) is 0 Å². The zero-order valence-corrected chi connectivity index (χ0v) is 25.0. The number of aliphatic carboxylic acids is 1. The molecule has 3 aromatic heterocycles. The van der Waals surface area contributed by atoms with Crippen LogP contribution >= 0.6 is 0 Å². The number of fused-ring (bicyclic) bond motifs is 2. The van der Waals surface area contributed by atoms with Crippen LogP contribution in [-0.2, 0) is 17.9 Å². The number of carbonyl (C=O) groups is 1. The van der Waals surface area contributed by atoms with Gasteiger partial charge in [-0.2, -0.15) is 0 Å². The number of hydrogen-bond donors (Lipinski definition) is 1. The number of para-hydroxylation sites is 1. The summed E-state index contributed by atoms with van der Waals surface area (Å²) in [5, 5.41) is 11.2. The first-order valence-corrected chi connectivity index (χ1v) is 15.2. The molecule has 0 saturated heterocycles. The first-order chi connectivity index (χ1) is 22.1. The Morgan fingerprint density at radius 2 is 1.69 bits per heavy atom. The maximum Gasteiger partial charge on any atom is 0.316 e. The van der Waals surface area contributed by atoms with Crippen molar-refractivity contribution in [3.8, 4) is 22.9 Å². The molecule has 1 N–H and O–H groups in total. The molecule has 2 unspecified atom stereocenters. The van der Waals surface area contributed by atoms with E-state index in [1.54, 1.807) is 19.5 Å². The highest BCUT2D eigenvalue weighted by Gasteiger charge is 2.35. The van der Waals surface area contributed by atoms with E-state index in [1.807, 2.05) is 60.7 Å². The van der Waals surface area contributed by atoms with Crippen molar-refractivity contribution >= 4 is 27.9 Å². The van der Waals surface area contributed by atoms with E-state index in [0.29, 0.717) is 31.3 Å². The number of ether oxygens (including phenoxy) is 2. The molecule has 7 rings (SSSR count). The van der Waals surface area contributed by atoms with E-state index >= 15 is 0 Å². The summed E-state index contributed by atoms with van der Waals surface area (Å²) >= 11 is 0. The van der Waals surface area contributed by atoms with E-state index in [9.17, 15) is 9.90 Å². The largest absolute Gasteiger partial charge is 0.487 e. The highest BCUT2D eigenvalue weighted by atomic mass is 16.5. The lowest BCUT2D eigenvalue weighted by Crippen LogP contribution is -2.27. The average molecular weight is 600 g/mol. The molecule has 9 nitrogen and oxygen atoms in total. The van der Waals surface area contributed by atoms with E-state index in [0.717, 1.165) is 69.4 Å². The molecule has 0 bridgehead atoms. The van der Waals surface area contributed by atoms with Gasteiger partial charge in [-0.15, -0.1) is 0 Å². The molecule has 6 aromatic rings. The Morgan fingerprint density at radius 1 is 0.889 bits per heavy atom. The number of carboxylic acid groups (broad SMARTS) is 1.